The summed E-state index contributed by atoms with van der Waals surface area (Å²) in [4.78, 5) is 14.8. The number of aryl methyl sites for hydroxylation is 2. The van der Waals surface area contributed by atoms with Crippen LogP contribution in [0.15, 0.2) is 46.9 Å². The number of nitrogens with zero attached hydrogens (tertiary/aromatic N) is 1. The summed E-state index contributed by atoms with van der Waals surface area (Å²) in [6, 6.07) is 13.8. The number of furan rings is 1. The van der Waals surface area contributed by atoms with Crippen LogP contribution in [0.2, 0.25) is 0 Å². The summed E-state index contributed by atoms with van der Waals surface area (Å²) >= 11 is 0. The van der Waals surface area contributed by atoms with Crippen LogP contribution >= 0.6 is 0 Å². The maximum absolute atomic E-state index is 12.8. The summed E-state index contributed by atoms with van der Waals surface area (Å²) in [6.07, 6.45) is 0. The van der Waals surface area contributed by atoms with Crippen LogP contribution in [-0.2, 0) is 0 Å². The van der Waals surface area contributed by atoms with Crippen molar-refractivity contribution in [3.05, 3.63) is 64.9 Å². The number of hydrogen-bond donors (Lipinski definition) is 1. The van der Waals surface area contributed by atoms with Crippen LogP contribution in [0, 0.1) is 13.8 Å². The molecule has 1 aromatic heterocycles. The second-order valence-electron chi connectivity index (χ2n) is 6.99. The van der Waals surface area contributed by atoms with Gasteiger partial charge in [-0.25, -0.2) is 0 Å². The molecule has 0 saturated heterocycles. The first-order valence-corrected chi connectivity index (χ1v) is 8.99. The Balaban J connectivity index is 1.82. The van der Waals surface area contributed by atoms with E-state index in [0.717, 1.165) is 33.4 Å². The molecule has 0 spiro atoms. The number of hydrogen-bond acceptors (Lipinski definition) is 4. The maximum atomic E-state index is 12.8. The molecular formula is C22H26N2O3. The second-order valence-corrected chi connectivity index (χ2v) is 6.99. The number of likely N-dealkylation sites (N-methyl/N-ethyl adjacent to an activating group) is 1. The van der Waals surface area contributed by atoms with E-state index in [-0.39, 0.29) is 11.9 Å². The standard InChI is InChI=1S/C22H26N2O3/c1-14-10-11-16-15(2)21(27-20(16)12-14)22(25)23-13-18(24(3)4)17-8-6-7-9-19(17)26-5/h6-12,18H,13H2,1-5H3,(H,23,25)/t18-/m0/s1. The highest BCUT2D eigenvalue weighted by Gasteiger charge is 2.22. The molecule has 1 heterocycles. The molecule has 5 nitrogen and oxygen atoms in total. The molecule has 0 aliphatic carbocycles. The molecule has 0 aliphatic heterocycles. The Labute approximate surface area is 159 Å². The molecule has 0 fully saturated rings. The van der Waals surface area contributed by atoms with Gasteiger partial charge in [-0.3, -0.25) is 4.79 Å². The lowest BCUT2D eigenvalue weighted by Crippen LogP contribution is -2.34. The first-order valence-electron chi connectivity index (χ1n) is 8.99. The van der Waals surface area contributed by atoms with E-state index >= 15 is 0 Å². The number of carbonyl (C=O) groups is 1. The van der Waals surface area contributed by atoms with Crippen molar-refractivity contribution < 1.29 is 13.9 Å². The molecule has 3 aromatic rings. The molecule has 1 N–H and O–H groups in total. The molecule has 2 aromatic carbocycles. The minimum atomic E-state index is -0.205. The van der Waals surface area contributed by atoms with E-state index in [0.29, 0.717) is 12.3 Å². The Morgan fingerprint density at radius 1 is 1.19 bits per heavy atom. The van der Waals surface area contributed by atoms with Crippen molar-refractivity contribution in [3.63, 3.8) is 0 Å². The molecule has 1 amide bonds. The topological polar surface area (TPSA) is 54.7 Å². The lowest BCUT2D eigenvalue weighted by atomic mass is 10.0. The van der Waals surface area contributed by atoms with Gasteiger partial charge in [0, 0.05) is 23.1 Å². The Bertz CT molecular complexity index is 959. The smallest absolute Gasteiger partial charge is 0.287 e. The first-order chi connectivity index (χ1) is 12.9. The van der Waals surface area contributed by atoms with Crippen molar-refractivity contribution in [1.29, 1.82) is 0 Å². The van der Waals surface area contributed by atoms with Crippen molar-refractivity contribution in [3.8, 4) is 5.75 Å². The van der Waals surface area contributed by atoms with Gasteiger partial charge in [0.05, 0.1) is 13.2 Å². The number of benzene rings is 2. The van der Waals surface area contributed by atoms with Gasteiger partial charge in [0.15, 0.2) is 5.76 Å². The molecule has 5 heteroatoms. The normalized spacial score (nSPS) is 12.4. The second kappa shape index (κ2) is 7.84. The molecular weight excluding hydrogens is 340 g/mol. The number of nitrogens with one attached hydrogen (secondary N) is 1. The fourth-order valence-corrected chi connectivity index (χ4v) is 3.33. The van der Waals surface area contributed by atoms with Crippen molar-refractivity contribution in [1.82, 2.24) is 10.2 Å². The Morgan fingerprint density at radius 3 is 2.63 bits per heavy atom. The number of methoxy groups -OCH3 is 1. The third-order valence-corrected chi connectivity index (χ3v) is 4.88. The molecule has 27 heavy (non-hydrogen) atoms. The molecule has 0 saturated carbocycles. The number of carbonyl (C=O) groups excluding carboxylic acids is 1. The molecule has 0 radical (unpaired) electrons. The number of amides is 1. The zero-order valence-corrected chi connectivity index (χ0v) is 16.5. The SMILES string of the molecule is COc1ccccc1[C@H](CNC(=O)c1oc2cc(C)ccc2c1C)N(C)C. The number of ether oxygens (including phenoxy) is 1. The molecule has 3 rings (SSSR count). The summed E-state index contributed by atoms with van der Waals surface area (Å²) in [7, 11) is 5.63. The molecule has 0 unspecified atom stereocenters. The quantitative estimate of drug-likeness (QED) is 0.714. The minimum absolute atomic E-state index is 0.0166. The van der Waals surface area contributed by atoms with E-state index in [1.807, 2.05) is 70.4 Å². The van der Waals surface area contributed by atoms with Gasteiger partial charge in [-0.1, -0.05) is 30.3 Å². The largest absolute Gasteiger partial charge is 0.496 e. The highest BCUT2D eigenvalue weighted by Crippen LogP contribution is 2.28. The average Bonchev–Trinajstić information content (AvgIpc) is 2.97. The van der Waals surface area contributed by atoms with Crippen LogP contribution in [0.1, 0.15) is 33.3 Å². The van der Waals surface area contributed by atoms with Crippen molar-refractivity contribution >= 4 is 16.9 Å². The molecule has 142 valence electrons. The summed E-state index contributed by atoms with van der Waals surface area (Å²) < 4.78 is 11.3. The lowest BCUT2D eigenvalue weighted by molar-refractivity contribution is 0.0915. The Hall–Kier alpha value is -2.79. The van der Waals surface area contributed by atoms with E-state index in [2.05, 4.69) is 10.2 Å². The van der Waals surface area contributed by atoms with Crippen molar-refractivity contribution in [2.45, 2.75) is 19.9 Å². The van der Waals surface area contributed by atoms with Crippen LogP contribution in [0.5, 0.6) is 5.75 Å². The maximum Gasteiger partial charge on any atom is 0.287 e. The fraction of sp³-hybridized carbons (Fsp3) is 0.318. The Morgan fingerprint density at radius 2 is 1.93 bits per heavy atom. The monoisotopic (exact) mass is 366 g/mol. The fourth-order valence-electron chi connectivity index (χ4n) is 3.33. The van der Waals surface area contributed by atoms with Crippen LogP contribution in [0.3, 0.4) is 0 Å². The van der Waals surface area contributed by atoms with E-state index in [4.69, 9.17) is 9.15 Å². The van der Waals surface area contributed by atoms with Crippen LogP contribution in [-0.4, -0.2) is 38.6 Å². The lowest BCUT2D eigenvalue weighted by Gasteiger charge is -2.26. The van der Waals surface area contributed by atoms with Crippen LogP contribution in [0.4, 0.5) is 0 Å². The van der Waals surface area contributed by atoms with Crippen molar-refractivity contribution in [2.75, 3.05) is 27.7 Å². The summed E-state index contributed by atoms with van der Waals surface area (Å²) in [5, 5.41) is 3.99. The average molecular weight is 366 g/mol. The molecule has 0 bridgehead atoms. The predicted molar refractivity (Wildman–Crippen MR) is 107 cm³/mol. The van der Waals surface area contributed by atoms with Gasteiger partial charge in [-0.05, 0) is 45.6 Å². The van der Waals surface area contributed by atoms with Gasteiger partial charge in [-0.2, -0.15) is 0 Å². The van der Waals surface area contributed by atoms with Gasteiger partial charge in [0.2, 0.25) is 0 Å². The van der Waals surface area contributed by atoms with E-state index in [1.54, 1.807) is 7.11 Å². The van der Waals surface area contributed by atoms with E-state index in [1.165, 1.54) is 0 Å². The zero-order valence-electron chi connectivity index (χ0n) is 16.5. The van der Waals surface area contributed by atoms with Gasteiger partial charge < -0.3 is 19.4 Å². The summed E-state index contributed by atoms with van der Waals surface area (Å²) in [6.45, 7) is 4.37. The minimum Gasteiger partial charge on any atom is -0.496 e. The number of para-hydroxylation sites is 1. The highest BCUT2D eigenvalue weighted by atomic mass is 16.5. The third-order valence-electron chi connectivity index (χ3n) is 4.88. The summed E-state index contributed by atoms with van der Waals surface area (Å²) in [5.74, 6) is 0.970. The highest BCUT2D eigenvalue weighted by molar-refractivity contribution is 5.99. The van der Waals surface area contributed by atoms with Gasteiger partial charge in [0.1, 0.15) is 11.3 Å². The van der Waals surface area contributed by atoms with Gasteiger partial charge in [0.25, 0.3) is 5.91 Å². The first kappa shape index (κ1) is 19.0. The zero-order chi connectivity index (χ0) is 19.6. The number of rotatable bonds is 6. The van der Waals surface area contributed by atoms with Crippen molar-refractivity contribution in [2.24, 2.45) is 0 Å². The van der Waals surface area contributed by atoms with Gasteiger partial charge in [-0.15, -0.1) is 0 Å². The number of fused-ring (bicyclic) bond motifs is 1. The Kier molecular flexibility index (Phi) is 5.51. The van der Waals surface area contributed by atoms with E-state index < -0.39 is 0 Å². The predicted octanol–water partition coefficient (Wildman–Crippen LogP) is 4.09. The third kappa shape index (κ3) is 3.83. The van der Waals surface area contributed by atoms with Crippen LogP contribution in [0.25, 0.3) is 11.0 Å². The van der Waals surface area contributed by atoms with E-state index in [9.17, 15) is 4.79 Å². The van der Waals surface area contributed by atoms with Crippen LogP contribution < -0.4 is 10.1 Å². The molecule has 1 atom stereocenters. The van der Waals surface area contributed by atoms with Gasteiger partial charge >= 0.3 is 0 Å². The summed E-state index contributed by atoms with van der Waals surface area (Å²) in [5.41, 5.74) is 3.74. The molecule has 0 aliphatic rings.